The first-order chi connectivity index (χ1) is 8.50. The lowest BCUT2D eigenvalue weighted by Crippen LogP contribution is -2.06. The SMILES string of the molecule is Cc1cc(-c2ncnc(C)c2C(=O)O)ccc1F. The van der Waals surface area contributed by atoms with Gasteiger partial charge in [0.2, 0.25) is 0 Å². The van der Waals surface area contributed by atoms with Gasteiger partial charge in [-0.1, -0.05) is 0 Å². The standard InChI is InChI=1S/C13H11FN2O2/c1-7-5-9(3-4-10(7)14)12-11(13(17)18)8(2)15-6-16-12/h3-6H,1-2H3,(H,17,18). The van der Waals surface area contributed by atoms with E-state index in [1.807, 2.05) is 0 Å². The van der Waals surface area contributed by atoms with Crippen molar-refractivity contribution in [3.8, 4) is 11.3 Å². The normalized spacial score (nSPS) is 10.4. The van der Waals surface area contributed by atoms with E-state index in [1.165, 1.54) is 18.5 Å². The van der Waals surface area contributed by atoms with E-state index in [1.54, 1.807) is 19.9 Å². The molecular formula is C13H11FN2O2. The first-order valence-corrected chi connectivity index (χ1v) is 5.32. The Labute approximate surface area is 103 Å². The zero-order valence-electron chi connectivity index (χ0n) is 9.94. The molecule has 0 aliphatic heterocycles. The highest BCUT2D eigenvalue weighted by Crippen LogP contribution is 2.24. The summed E-state index contributed by atoms with van der Waals surface area (Å²) in [5.41, 5.74) is 1.74. The van der Waals surface area contributed by atoms with Crippen LogP contribution >= 0.6 is 0 Å². The largest absolute Gasteiger partial charge is 0.478 e. The highest BCUT2D eigenvalue weighted by molar-refractivity contribution is 5.95. The molecule has 5 heteroatoms. The molecule has 18 heavy (non-hydrogen) atoms. The van der Waals surface area contributed by atoms with Gasteiger partial charge in [0.05, 0.1) is 11.4 Å². The van der Waals surface area contributed by atoms with Crippen molar-refractivity contribution in [2.45, 2.75) is 13.8 Å². The van der Waals surface area contributed by atoms with Gasteiger partial charge in [0, 0.05) is 5.56 Å². The Bertz CT molecular complexity index is 626. The number of nitrogens with zero attached hydrogens (tertiary/aromatic N) is 2. The molecule has 0 spiro atoms. The molecule has 0 atom stereocenters. The maximum atomic E-state index is 13.2. The minimum absolute atomic E-state index is 0.0449. The molecule has 0 saturated heterocycles. The summed E-state index contributed by atoms with van der Waals surface area (Å²) >= 11 is 0. The van der Waals surface area contributed by atoms with Gasteiger partial charge in [-0.15, -0.1) is 0 Å². The van der Waals surface area contributed by atoms with Gasteiger partial charge in [0.25, 0.3) is 0 Å². The lowest BCUT2D eigenvalue weighted by atomic mass is 10.0. The predicted octanol–water partition coefficient (Wildman–Crippen LogP) is 2.60. The van der Waals surface area contributed by atoms with E-state index in [0.29, 0.717) is 22.5 Å². The van der Waals surface area contributed by atoms with Crippen LogP contribution in [0.3, 0.4) is 0 Å². The smallest absolute Gasteiger partial charge is 0.339 e. The van der Waals surface area contributed by atoms with E-state index in [2.05, 4.69) is 9.97 Å². The number of aromatic carboxylic acids is 1. The number of rotatable bonds is 2. The van der Waals surface area contributed by atoms with Gasteiger partial charge in [0.15, 0.2) is 0 Å². The van der Waals surface area contributed by atoms with Crippen molar-refractivity contribution in [3.05, 3.63) is 47.2 Å². The van der Waals surface area contributed by atoms with Crippen LogP contribution in [-0.4, -0.2) is 21.0 Å². The molecule has 0 radical (unpaired) electrons. The third kappa shape index (κ3) is 2.07. The summed E-state index contributed by atoms with van der Waals surface area (Å²) in [6.07, 6.45) is 1.30. The van der Waals surface area contributed by atoms with Crippen LogP contribution in [0.15, 0.2) is 24.5 Å². The summed E-state index contributed by atoms with van der Waals surface area (Å²) in [6, 6.07) is 4.38. The molecular weight excluding hydrogens is 235 g/mol. The molecule has 92 valence electrons. The second-order valence-electron chi connectivity index (χ2n) is 3.95. The van der Waals surface area contributed by atoms with Gasteiger partial charge in [-0.05, 0) is 37.6 Å². The molecule has 0 aliphatic rings. The Balaban J connectivity index is 2.67. The van der Waals surface area contributed by atoms with E-state index in [0.717, 1.165) is 0 Å². The van der Waals surface area contributed by atoms with Gasteiger partial charge in [-0.2, -0.15) is 0 Å². The fourth-order valence-electron chi connectivity index (χ4n) is 1.74. The maximum Gasteiger partial charge on any atom is 0.339 e. The van der Waals surface area contributed by atoms with Crippen LogP contribution in [0, 0.1) is 19.7 Å². The lowest BCUT2D eigenvalue weighted by molar-refractivity contribution is 0.0696. The monoisotopic (exact) mass is 246 g/mol. The van der Waals surface area contributed by atoms with Crippen molar-refractivity contribution in [1.82, 2.24) is 9.97 Å². The minimum Gasteiger partial charge on any atom is -0.478 e. The Kier molecular flexibility index (Phi) is 3.06. The minimum atomic E-state index is -1.09. The summed E-state index contributed by atoms with van der Waals surface area (Å²) < 4.78 is 13.2. The zero-order chi connectivity index (χ0) is 13.3. The van der Waals surface area contributed by atoms with Crippen LogP contribution in [0.25, 0.3) is 11.3 Å². The van der Waals surface area contributed by atoms with Gasteiger partial charge >= 0.3 is 5.97 Å². The maximum absolute atomic E-state index is 13.2. The number of carboxylic acid groups (broad SMARTS) is 1. The van der Waals surface area contributed by atoms with Gasteiger partial charge < -0.3 is 5.11 Å². The summed E-state index contributed by atoms with van der Waals surface area (Å²) in [6.45, 7) is 3.22. The van der Waals surface area contributed by atoms with E-state index in [4.69, 9.17) is 0 Å². The quantitative estimate of drug-likeness (QED) is 0.884. The predicted molar refractivity (Wildman–Crippen MR) is 63.9 cm³/mol. The van der Waals surface area contributed by atoms with E-state index < -0.39 is 5.97 Å². The van der Waals surface area contributed by atoms with Crippen LogP contribution in [0.1, 0.15) is 21.6 Å². The number of carboxylic acids is 1. The number of carbonyl (C=O) groups is 1. The number of aromatic nitrogens is 2. The first kappa shape index (κ1) is 12.2. The topological polar surface area (TPSA) is 63.1 Å². The summed E-state index contributed by atoms with van der Waals surface area (Å²) in [5.74, 6) is -1.42. The highest BCUT2D eigenvalue weighted by Gasteiger charge is 2.17. The second kappa shape index (κ2) is 4.52. The average molecular weight is 246 g/mol. The Hall–Kier alpha value is -2.30. The van der Waals surface area contributed by atoms with Crippen LogP contribution < -0.4 is 0 Å². The fraction of sp³-hybridized carbons (Fsp3) is 0.154. The summed E-state index contributed by atoms with van der Waals surface area (Å²) in [4.78, 5) is 19.1. The van der Waals surface area contributed by atoms with Crippen molar-refractivity contribution in [2.24, 2.45) is 0 Å². The fourth-order valence-corrected chi connectivity index (χ4v) is 1.74. The van der Waals surface area contributed by atoms with Crippen molar-refractivity contribution < 1.29 is 14.3 Å². The molecule has 0 unspecified atom stereocenters. The van der Waals surface area contributed by atoms with Crippen LogP contribution in [-0.2, 0) is 0 Å². The average Bonchev–Trinajstić information content (AvgIpc) is 2.32. The van der Waals surface area contributed by atoms with Gasteiger partial charge in [-0.25, -0.2) is 19.2 Å². The van der Waals surface area contributed by atoms with Crippen molar-refractivity contribution >= 4 is 5.97 Å². The molecule has 1 heterocycles. The molecule has 0 fully saturated rings. The molecule has 0 amide bonds. The third-order valence-corrected chi connectivity index (χ3v) is 2.68. The molecule has 0 bridgehead atoms. The summed E-state index contributed by atoms with van der Waals surface area (Å²) in [5, 5.41) is 9.18. The second-order valence-corrected chi connectivity index (χ2v) is 3.95. The van der Waals surface area contributed by atoms with E-state index in [-0.39, 0.29) is 11.4 Å². The number of aryl methyl sites for hydroxylation is 2. The van der Waals surface area contributed by atoms with Crippen molar-refractivity contribution in [2.75, 3.05) is 0 Å². The number of halogens is 1. The van der Waals surface area contributed by atoms with E-state index >= 15 is 0 Å². The number of hydrogen-bond acceptors (Lipinski definition) is 3. The highest BCUT2D eigenvalue weighted by atomic mass is 19.1. The molecule has 0 aliphatic carbocycles. The number of hydrogen-bond donors (Lipinski definition) is 1. The third-order valence-electron chi connectivity index (χ3n) is 2.68. The van der Waals surface area contributed by atoms with Gasteiger partial charge in [-0.3, -0.25) is 0 Å². The number of benzene rings is 1. The molecule has 2 aromatic rings. The van der Waals surface area contributed by atoms with Gasteiger partial charge in [0.1, 0.15) is 17.7 Å². The molecule has 1 aromatic carbocycles. The Morgan fingerprint density at radius 2 is 2.00 bits per heavy atom. The molecule has 0 saturated carbocycles. The molecule has 1 aromatic heterocycles. The van der Waals surface area contributed by atoms with Crippen molar-refractivity contribution in [1.29, 1.82) is 0 Å². The zero-order valence-corrected chi connectivity index (χ0v) is 9.94. The molecule has 2 rings (SSSR count). The van der Waals surface area contributed by atoms with E-state index in [9.17, 15) is 14.3 Å². The molecule has 4 nitrogen and oxygen atoms in total. The Morgan fingerprint density at radius 1 is 1.28 bits per heavy atom. The van der Waals surface area contributed by atoms with Crippen molar-refractivity contribution in [3.63, 3.8) is 0 Å². The van der Waals surface area contributed by atoms with Crippen LogP contribution in [0.5, 0.6) is 0 Å². The van der Waals surface area contributed by atoms with Crippen LogP contribution in [0.4, 0.5) is 4.39 Å². The lowest BCUT2D eigenvalue weighted by Gasteiger charge is -2.08. The summed E-state index contributed by atoms with van der Waals surface area (Å²) in [7, 11) is 0. The van der Waals surface area contributed by atoms with Crippen LogP contribution in [0.2, 0.25) is 0 Å². The Morgan fingerprint density at radius 3 is 2.61 bits per heavy atom. The first-order valence-electron chi connectivity index (χ1n) is 5.32. The molecule has 1 N–H and O–H groups in total.